The summed E-state index contributed by atoms with van der Waals surface area (Å²) in [6.07, 6.45) is -0.0588. The van der Waals surface area contributed by atoms with Crippen LogP contribution in [0.1, 0.15) is 17.2 Å². The van der Waals surface area contributed by atoms with Gasteiger partial charge in [0.05, 0.1) is 20.8 Å². The van der Waals surface area contributed by atoms with Crippen LogP contribution in [0, 0.1) is 0 Å². The smallest absolute Gasteiger partial charge is 0.203 e. The van der Waals surface area contributed by atoms with Crippen molar-refractivity contribution in [2.45, 2.75) is 18.8 Å². The van der Waals surface area contributed by atoms with Crippen molar-refractivity contribution in [3.05, 3.63) is 53.6 Å². The first-order chi connectivity index (χ1) is 11.8. The van der Waals surface area contributed by atoms with Gasteiger partial charge in [-0.3, -0.25) is 0 Å². The van der Waals surface area contributed by atoms with Crippen LogP contribution >= 0.6 is 0 Å². The predicted octanol–water partition coefficient (Wildman–Crippen LogP) is 3.37. The van der Waals surface area contributed by atoms with Gasteiger partial charge in [-0.2, -0.15) is 0 Å². The minimum absolute atomic E-state index is 0.0838. The van der Waals surface area contributed by atoms with Gasteiger partial charge in [0.15, 0.2) is 11.5 Å². The van der Waals surface area contributed by atoms with Gasteiger partial charge >= 0.3 is 0 Å². The topological polar surface area (TPSA) is 49.5 Å². The number of hydrogen-bond donors (Lipinski definition) is 0. The van der Waals surface area contributed by atoms with E-state index in [1.807, 2.05) is 42.5 Å². The van der Waals surface area contributed by atoms with Crippen molar-refractivity contribution < 1.29 is 23.7 Å². The van der Waals surface area contributed by atoms with E-state index in [4.69, 9.17) is 23.7 Å². The quantitative estimate of drug-likeness (QED) is 0.695. The molecule has 0 aromatic heterocycles. The lowest BCUT2D eigenvalue weighted by molar-refractivity contribution is 0.0756. The minimum atomic E-state index is -0.143. The van der Waals surface area contributed by atoms with Crippen LogP contribution in [0.4, 0.5) is 0 Å². The second-order valence-electron chi connectivity index (χ2n) is 5.56. The Morgan fingerprint density at radius 2 is 1.67 bits per heavy atom. The molecule has 2 aromatic carbocycles. The first-order valence-corrected chi connectivity index (χ1v) is 7.84. The van der Waals surface area contributed by atoms with E-state index in [1.165, 1.54) is 0 Å². The second kappa shape index (κ2) is 7.55. The summed E-state index contributed by atoms with van der Waals surface area (Å²) < 4.78 is 27.9. The molecule has 1 aliphatic heterocycles. The van der Waals surface area contributed by atoms with Crippen molar-refractivity contribution in [2.75, 3.05) is 27.9 Å². The zero-order valence-electron chi connectivity index (χ0n) is 14.2. The number of methoxy groups -OCH3 is 3. The Morgan fingerprint density at radius 1 is 1.04 bits per heavy atom. The molecule has 0 saturated carbocycles. The van der Waals surface area contributed by atoms with E-state index in [-0.39, 0.29) is 12.2 Å². The first kappa shape index (κ1) is 16.6. The average Bonchev–Trinajstić information content (AvgIpc) is 3.46. The fraction of sp³-hybridized carbons (Fsp3) is 0.368. The van der Waals surface area contributed by atoms with Crippen LogP contribution in [-0.4, -0.2) is 34.0 Å². The Labute approximate surface area is 142 Å². The highest BCUT2D eigenvalue weighted by Crippen LogP contribution is 2.42. The van der Waals surface area contributed by atoms with Crippen molar-refractivity contribution in [2.24, 2.45) is 0 Å². The molecule has 24 heavy (non-hydrogen) atoms. The summed E-state index contributed by atoms with van der Waals surface area (Å²) in [5.74, 6) is 1.81. The first-order valence-electron chi connectivity index (χ1n) is 7.84. The van der Waals surface area contributed by atoms with E-state index >= 15 is 0 Å². The summed E-state index contributed by atoms with van der Waals surface area (Å²) in [5.41, 5.74) is 2.02. The summed E-state index contributed by atoms with van der Waals surface area (Å²) in [4.78, 5) is 0. The Morgan fingerprint density at radius 3 is 2.17 bits per heavy atom. The Kier molecular flexibility index (Phi) is 5.23. The van der Waals surface area contributed by atoms with Gasteiger partial charge in [0.25, 0.3) is 0 Å². The van der Waals surface area contributed by atoms with Crippen LogP contribution in [0.2, 0.25) is 0 Å². The fourth-order valence-electron chi connectivity index (χ4n) is 2.67. The molecule has 5 heteroatoms. The molecule has 1 heterocycles. The monoisotopic (exact) mass is 330 g/mol. The minimum Gasteiger partial charge on any atom is -0.493 e. The SMILES string of the molecule is COc1cc([C@H](OC)[C@@H]2CO2)cc(OC)c1OCc1ccccc1. The highest BCUT2D eigenvalue weighted by atomic mass is 16.6. The maximum atomic E-state index is 5.96. The van der Waals surface area contributed by atoms with E-state index < -0.39 is 0 Å². The molecule has 5 nitrogen and oxygen atoms in total. The van der Waals surface area contributed by atoms with Gasteiger partial charge in [0.1, 0.15) is 18.8 Å². The third kappa shape index (κ3) is 3.63. The number of ether oxygens (including phenoxy) is 5. The lowest BCUT2D eigenvalue weighted by Crippen LogP contribution is -2.10. The molecule has 0 bridgehead atoms. The zero-order chi connectivity index (χ0) is 16.9. The second-order valence-corrected chi connectivity index (χ2v) is 5.56. The van der Waals surface area contributed by atoms with Crippen molar-refractivity contribution in [1.29, 1.82) is 0 Å². The molecule has 0 spiro atoms. The molecule has 0 aliphatic carbocycles. The van der Waals surface area contributed by atoms with Gasteiger partial charge in [0.2, 0.25) is 5.75 Å². The molecular weight excluding hydrogens is 308 g/mol. The molecule has 0 amide bonds. The van der Waals surface area contributed by atoms with Crippen LogP contribution in [0.3, 0.4) is 0 Å². The molecule has 2 aromatic rings. The van der Waals surface area contributed by atoms with E-state index in [9.17, 15) is 0 Å². The maximum absolute atomic E-state index is 5.96. The molecule has 1 saturated heterocycles. The largest absolute Gasteiger partial charge is 0.493 e. The third-order valence-electron chi connectivity index (χ3n) is 3.99. The Bertz CT molecular complexity index is 642. The lowest BCUT2D eigenvalue weighted by Gasteiger charge is -2.19. The van der Waals surface area contributed by atoms with E-state index in [2.05, 4.69) is 0 Å². The summed E-state index contributed by atoms with van der Waals surface area (Å²) in [6.45, 7) is 1.14. The molecule has 2 atom stereocenters. The Balaban J connectivity index is 1.87. The Hall–Kier alpha value is -2.24. The van der Waals surface area contributed by atoms with Crippen molar-refractivity contribution >= 4 is 0 Å². The predicted molar refractivity (Wildman–Crippen MR) is 89.8 cm³/mol. The van der Waals surface area contributed by atoms with Gasteiger partial charge in [-0.15, -0.1) is 0 Å². The average molecular weight is 330 g/mol. The molecule has 1 fully saturated rings. The van der Waals surface area contributed by atoms with Gasteiger partial charge in [-0.25, -0.2) is 0 Å². The summed E-state index contributed by atoms with van der Waals surface area (Å²) >= 11 is 0. The molecule has 128 valence electrons. The van der Waals surface area contributed by atoms with Crippen molar-refractivity contribution in [3.8, 4) is 17.2 Å². The number of epoxide rings is 1. The van der Waals surface area contributed by atoms with Crippen molar-refractivity contribution in [1.82, 2.24) is 0 Å². The standard InChI is InChI=1S/C19H22O5/c1-20-15-9-14(18(22-3)17-12-23-17)10-16(21-2)19(15)24-11-13-7-5-4-6-8-13/h4-10,17-18H,11-12H2,1-3H3/t17-,18-/m0/s1. The lowest BCUT2D eigenvalue weighted by atomic mass is 10.1. The summed E-state index contributed by atoms with van der Waals surface area (Å²) in [7, 11) is 4.90. The van der Waals surface area contributed by atoms with Crippen LogP contribution in [0.25, 0.3) is 0 Å². The fourth-order valence-corrected chi connectivity index (χ4v) is 2.67. The summed E-state index contributed by atoms with van der Waals surface area (Å²) in [5, 5.41) is 0. The van der Waals surface area contributed by atoms with E-state index in [0.29, 0.717) is 30.5 Å². The number of hydrogen-bond acceptors (Lipinski definition) is 5. The zero-order valence-corrected chi connectivity index (χ0v) is 14.2. The van der Waals surface area contributed by atoms with Crippen LogP contribution in [0.5, 0.6) is 17.2 Å². The van der Waals surface area contributed by atoms with Crippen LogP contribution in [-0.2, 0) is 16.1 Å². The van der Waals surface area contributed by atoms with Gasteiger partial charge < -0.3 is 23.7 Å². The molecule has 0 unspecified atom stereocenters. The van der Waals surface area contributed by atoms with Gasteiger partial charge in [0, 0.05) is 7.11 Å². The molecule has 0 radical (unpaired) electrons. The molecule has 3 rings (SSSR count). The van der Waals surface area contributed by atoms with Crippen molar-refractivity contribution in [3.63, 3.8) is 0 Å². The summed E-state index contributed by atoms with van der Waals surface area (Å²) in [6, 6.07) is 13.8. The van der Waals surface area contributed by atoms with E-state index in [1.54, 1.807) is 21.3 Å². The normalized spacial score (nSPS) is 17.2. The molecule has 1 aliphatic rings. The maximum Gasteiger partial charge on any atom is 0.203 e. The number of benzene rings is 2. The van der Waals surface area contributed by atoms with Gasteiger partial charge in [-0.1, -0.05) is 30.3 Å². The van der Waals surface area contributed by atoms with Gasteiger partial charge in [-0.05, 0) is 23.3 Å². The highest BCUT2D eigenvalue weighted by Gasteiger charge is 2.35. The van der Waals surface area contributed by atoms with Crippen LogP contribution in [0.15, 0.2) is 42.5 Å². The molecular formula is C19H22O5. The highest BCUT2D eigenvalue weighted by molar-refractivity contribution is 5.54. The van der Waals surface area contributed by atoms with Crippen LogP contribution < -0.4 is 14.2 Å². The van der Waals surface area contributed by atoms with E-state index in [0.717, 1.165) is 11.1 Å². The third-order valence-corrected chi connectivity index (χ3v) is 3.99. The molecule has 0 N–H and O–H groups in total. The number of rotatable bonds is 8.